The van der Waals surface area contributed by atoms with Crippen LogP contribution < -0.4 is 4.89 Å². The molecule has 0 heterocycles. The first kappa shape index (κ1) is 38.0. The predicted molar refractivity (Wildman–Crippen MR) is 156 cm³/mol. The second-order valence-corrected chi connectivity index (χ2v) is 15.5. The minimum atomic E-state index is -4.81. The molecular weight excluding hydrogens is 525 g/mol. The number of hydrogen-bond donors (Lipinski definition) is 0. The molecular formula is C28H60NO7PS. The maximum atomic E-state index is 13.5. The van der Waals surface area contributed by atoms with E-state index in [1.165, 1.54) is 71.3 Å². The summed E-state index contributed by atoms with van der Waals surface area (Å²) in [5.74, 6) is -0.657. The summed E-state index contributed by atoms with van der Waals surface area (Å²) in [6.07, 6.45) is 16.9. The smallest absolute Gasteiger partial charge is 0.269 e. The van der Waals surface area contributed by atoms with Gasteiger partial charge in [-0.3, -0.25) is 9.09 Å². The van der Waals surface area contributed by atoms with Gasteiger partial charge in [0.25, 0.3) is 7.82 Å². The molecule has 0 radical (unpaired) electrons. The summed E-state index contributed by atoms with van der Waals surface area (Å²) in [5.41, 5.74) is -1.53. The van der Waals surface area contributed by atoms with E-state index in [1.54, 1.807) is 6.92 Å². The number of ether oxygens (including phenoxy) is 1. The highest BCUT2D eigenvalue weighted by atomic mass is 32.2. The highest BCUT2D eigenvalue weighted by molar-refractivity contribution is 7.92. The van der Waals surface area contributed by atoms with Crippen LogP contribution in [0.4, 0.5) is 0 Å². The summed E-state index contributed by atoms with van der Waals surface area (Å²) >= 11 is 0. The van der Waals surface area contributed by atoms with Crippen LogP contribution in [0, 0.1) is 5.92 Å². The maximum Gasteiger partial charge on any atom is 0.269 e. The van der Waals surface area contributed by atoms with E-state index in [-0.39, 0.29) is 13.2 Å². The Labute approximate surface area is 235 Å². The van der Waals surface area contributed by atoms with Crippen molar-refractivity contribution in [2.24, 2.45) is 5.92 Å². The van der Waals surface area contributed by atoms with Gasteiger partial charge in [0.1, 0.15) is 13.2 Å². The van der Waals surface area contributed by atoms with E-state index in [4.69, 9.17) is 13.8 Å². The second-order valence-electron chi connectivity index (χ2n) is 11.9. The summed E-state index contributed by atoms with van der Waals surface area (Å²) in [6.45, 7) is 6.14. The third-order valence-corrected chi connectivity index (χ3v) is 10.8. The SMILES string of the molecule is CCCCCCCCCCCCCCCC(CC)S(=O)(=O)C(OP(=O)([O-])OCC[N+](C)(C)C)C(C)COC. The van der Waals surface area contributed by atoms with Gasteiger partial charge in [-0.2, -0.15) is 0 Å². The third kappa shape index (κ3) is 18.4. The first-order valence-electron chi connectivity index (χ1n) is 15.0. The molecule has 230 valence electrons. The number of unbranched alkanes of at least 4 members (excludes halogenated alkanes) is 12. The number of phosphoric ester groups is 1. The maximum absolute atomic E-state index is 13.5. The number of likely N-dealkylation sites (N-methyl/N-ethyl adjacent to an activating group) is 1. The zero-order chi connectivity index (χ0) is 29.1. The van der Waals surface area contributed by atoms with Crippen LogP contribution in [0.5, 0.6) is 0 Å². The zero-order valence-corrected chi connectivity index (χ0v) is 27.3. The monoisotopic (exact) mass is 585 g/mol. The molecule has 0 aliphatic heterocycles. The van der Waals surface area contributed by atoms with Crippen molar-refractivity contribution in [3.63, 3.8) is 0 Å². The van der Waals surface area contributed by atoms with Gasteiger partial charge >= 0.3 is 0 Å². The summed E-state index contributed by atoms with van der Waals surface area (Å²) in [6, 6.07) is 0. The average Bonchev–Trinajstić information content (AvgIpc) is 2.81. The first-order valence-corrected chi connectivity index (χ1v) is 18.0. The van der Waals surface area contributed by atoms with Crippen LogP contribution >= 0.6 is 7.82 Å². The fraction of sp³-hybridized carbons (Fsp3) is 1.00. The van der Waals surface area contributed by atoms with Crippen LogP contribution in [0.1, 0.15) is 117 Å². The first-order chi connectivity index (χ1) is 17.8. The van der Waals surface area contributed by atoms with Crippen LogP contribution in [0.15, 0.2) is 0 Å². The molecule has 0 aliphatic carbocycles. The Bertz CT molecular complexity index is 727. The number of quaternary nitrogens is 1. The number of nitrogens with zero attached hydrogens (tertiary/aromatic N) is 1. The van der Waals surface area contributed by atoms with E-state index in [1.807, 2.05) is 28.1 Å². The fourth-order valence-electron chi connectivity index (χ4n) is 4.59. The van der Waals surface area contributed by atoms with Crippen LogP contribution in [-0.2, 0) is 28.2 Å². The van der Waals surface area contributed by atoms with Crippen LogP contribution in [0.25, 0.3) is 0 Å². The molecule has 0 aromatic heterocycles. The number of methoxy groups -OCH3 is 1. The minimum Gasteiger partial charge on any atom is -0.756 e. The molecule has 0 saturated carbocycles. The molecule has 0 fully saturated rings. The van der Waals surface area contributed by atoms with Crippen molar-refractivity contribution in [3.05, 3.63) is 0 Å². The highest BCUT2D eigenvalue weighted by Crippen LogP contribution is 2.43. The van der Waals surface area contributed by atoms with Gasteiger partial charge in [0.05, 0.1) is 33.0 Å². The van der Waals surface area contributed by atoms with Gasteiger partial charge in [-0.25, -0.2) is 8.42 Å². The van der Waals surface area contributed by atoms with E-state index < -0.39 is 34.3 Å². The number of phosphoric acid groups is 1. The molecule has 0 bridgehead atoms. The van der Waals surface area contributed by atoms with Crippen LogP contribution in [-0.4, -0.2) is 71.6 Å². The minimum absolute atomic E-state index is 0.0674. The Balaban J connectivity index is 4.70. The van der Waals surface area contributed by atoms with Gasteiger partial charge in [-0.15, -0.1) is 0 Å². The summed E-state index contributed by atoms with van der Waals surface area (Å²) < 4.78 is 55.5. The van der Waals surface area contributed by atoms with Gasteiger partial charge in [0.2, 0.25) is 0 Å². The third-order valence-electron chi connectivity index (χ3n) is 7.01. The van der Waals surface area contributed by atoms with Crippen molar-refractivity contribution in [1.29, 1.82) is 0 Å². The lowest BCUT2D eigenvalue weighted by molar-refractivity contribution is -0.870. The van der Waals surface area contributed by atoms with Crippen molar-refractivity contribution < 1.29 is 36.1 Å². The molecule has 0 aromatic rings. The molecule has 8 nitrogen and oxygen atoms in total. The Morgan fingerprint density at radius 2 is 1.32 bits per heavy atom. The number of rotatable bonds is 26. The quantitative estimate of drug-likeness (QED) is 0.0651. The number of hydrogen-bond acceptors (Lipinski definition) is 7. The molecule has 0 N–H and O–H groups in total. The molecule has 0 aromatic carbocycles. The molecule has 10 heteroatoms. The molecule has 0 saturated heterocycles. The van der Waals surface area contributed by atoms with E-state index in [0.29, 0.717) is 23.9 Å². The van der Waals surface area contributed by atoms with Gasteiger partial charge < -0.3 is 18.6 Å². The fourth-order valence-corrected chi connectivity index (χ4v) is 8.28. The molecule has 4 atom stereocenters. The average molecular weight is 586 g/mol. The van der Waals surface area contributed by atoms with E-state index in [2.05, 4.69) is 6.92 Å². The lowest BCUT2D eigenvalue weighted by Gasteiger charge is -2.33. The molecule has 38 heavy (non-hydrogen) atoms. The van der Waals surface area contributed by atoms with Gasteiger partial charge in [0, 0.05) is 13.0 Å². The van der Waals surface area contributed by atoms with Gasteiger partial charge in [-0.05, 0) is 12.8 Å². The van der Waals surface area contributed by atoms with E-state index in [0.717, 1.165) is 19.3 Å². The normalized spacial score (nSPS) is 16.7. The molecule has 0 spiro atoms. The van der Waals surface area contributed by atoms with Gasteiger partial charge in [-0.1, -0.05) is 104 Å². The largest absolute Gasteiger partial charge is 0.756 e. The van der Waals surface area contributed by atoms with Crippen LogP contribution in [0.2, 0.25) is 0 Å². The molecule has 0 amide bonds. The van der Waals surface area contributed by atoms with E-state index >= 15 is 0 Å². The van der Waals surface area contributed by atoms with Gasteiger partial charge in [0.15, 0.2) is 15.3 Å². The Hall–Kier alpha value is -0.0200. The lowest BCUT2D eigenvalue weighted by atomic mass is 10.0. The van der Waals surface area contributed by atoms with Crippen molar-refractivity contribution in [1.82, 2.24) is 0 Å². The van der Waals surface area contributed by atoms with E-state index in [9.17, 15) is 17.9 Å². The Kier molecular flexibility index (Phi) is 20.8. The van der Waals surface area contributed by atoms with Crippen molar-refractivity contribution >= 4 is 17.7 Å². The predicted octanol–water partition coefficient (Wildman–Crippen LogP) is 6.48. The Morgan fingerprint density at radius 1 is 0.842 bits per heavy atom. The van der Waals surface area contributed by atoms with Crippen molar-refractivity contribution in [2.45, 2.75) is 128 Å². The van der Waals surface area contributed by atoms with Crippen molar-refractivity contribution in [2.75, 3.05) is 48.0 Å². The summed E-state index contributed by atoms with van der Waals surface area (Å²) in [4.78, 5) is 12.5. The van der Waals surface area contributed by atoms with Crippen LogP contribution in [0.3, 0.4) is 0 Å². The summed E-state index contributed by atoms with van der Waals surface area (Å²) in [5, 5.41) is -0.661. The lowest BCUT2D eigenvalue weighted by Crippen LogP contribution is -2.41. The standard InChI is InChI=1S/C28H60NO7PS/c1-8-10-11-12-13-14-15-16-17-18-19-20-21-22-27(9-2)38(32,33)28(26(3)25-34-7)36-37(30,31)35-24-23-29(4,5)6/h26-28H,8-25H2,1-7H3. The Morgan fingerprint density at radius 3 is 1.74 bits per heavy atom. The second kappa shape index (κ2) is 20.8. The number of sulfone groups is 1. The van der Waals surface area contributed by atoms with Crippen molar-refractivity contribution in [3.8, 4) is 0 Å². The summed E-state index contributed by atoms with van der Waals surface area (Å²) in [7, 11) is -1.51. The highest BCUT2D eigenvalue weighted by Gasteiger charge is 2.40. The molecule has 4 unspecified atom stereocenters. The zero-order valence-electron chi connectivity index (χ0n) is 25.6. The molecule has 0 rings (SSSR count). The molecule has 0 aliphatic rings. The topological polar surface area (TPSA) is 102 Å².